The smallest absolute Gasteiger partial charge is 0.341 e. The lowest BCUT2D eigenvalue weighted by atomic mass is 9.95. The summed E-state index contributed by atoms with van der Waals surface area (Å²) in [5, 5.41) is 4.17. The summed E-state index contributed by atoms with van der Waals surface area (Å²) in [5.41, 5.74) is 1.48. The second kappa shape index (κ2) is 9.16. The average Bonchev–Trinajstić information content (AvgIpc) is 3.02. The number of fused-ring (bicyclic) bond motifs is 1. The minimum atomic E-state index is -0.812. The average molecular weight is 442 g/mol. The number of esters is 1. The van der Waals surface area contributed by atoms with E-state index in [2.05, 4.69) is 5.32 Å². The second-order valence-corrected chi connectivity index (χ2v) is 8.41. The SMILES string of the molecule is CCOC(=O)c1c(NC(=O)C(C)Oc2ccc(Cl)cc2Cl)sc2c1CCCC2. The van der Waals surface area contributed by atoms with Crippen molar-refractivity contribution in [1.82, 2.24) is 0 Å². The van der Waals surface area contributed by atoms with Crippen molar-refractivity contribution in [1.29, 1.82) is 0 Å². The number of rotatable bonds is 6. The van der Waals surface area contributed by atoms with Crippen LogP contribution in [0.5, 0.6) is 5.75 Å². The van der Waals surface area contributed by atoms with E-state index in [-0.39, 0.29) is 12.5 Å². The molecule has 1 N–H and O–H groups in total. The van der Waals surface area contributed by atoms with Gasteiger partial charge in [-0.25, -0.2) is 4.79 Å². The van der Waals surface area contributed by atoms with Crippen LogP contribution in [-0.2, 0) is 22.4 Å². The molecule has 1 aliphatic rings. The van der Waals surface area contributed by atoms with Crippen molar-refractivity contribution in [3.05, 3.63) is 44.2 Å². The molecule has 1 aromatic carbocycles. The first-order chi connectivity index (χ1) is 13.4. The van der Waals surface area contributed by atoms with Crippen LogP contribution in [0.15, 0.2) is 18.2 Å². The Bertz CT molecular complexity index is 897. The molecule has 0 fully saturated rings. The van der Waals surface area contributed by atoms with Gasteiger partial charge in [-0.15, -0.1) is 11.3 Å². The first-order valence-corrected chi connectivity index (χ1v) is 10.7. The van der Waals surface area contributed by atoms with E-state index in [0.717, 1.165) is 36.1 Å². The lowest BCUT2D eigenvalue weighted by Crippen LogP contribution is -2.30. The maximum Gasteiger partial charge on any atom is 0.341 e. The summed E-state index contributed by atoms with van der Waals surface area (Å²) in [6.45, 7) is 3.67. The van der Waals surface area contributed by atoms with Gasteiger partial charge in [0.25, 0.3) is 5.91 Å². The number of aryl methyl sites for hydroxylation is 1. The second-order valence-electron chi connectivity index (χ2n) is 6.46. The highest BCUT2D eigenvalue weighted by molar-refractivity contribution is 7.17. The highest BCUT2D eigenvalue weighted by Gasteiger charge is 2.28. The number of hydrogen-bond acceptors (Lipinski definition) is 5. The maximum absolute atomic E-state index is 12.7. The van der Waals surface area contributed by atoms with E-state index >= 15 is 0 Å². The Kier molecular flexibility index (Phi) is 6.86. The van der Waals surface area contributed by atoms with Gasteiger partial charge < -0.3 is 14.8 Å². The first kappa shape index (κ1) is 21.0. The molecule has 0 saturated heterocycles. The summed E-state index contributed by atoms with van der Waals surface area (Å²) in [6.07, 6.45) is 3.03. The van der Waals surface area contributed by atoms with Gasteiger partial charge in [-0.1, -0.05) is 23.2 Å². The van der Waals surface area contributed by atoms with Crippen LogP contribution >= 0.6 is 34.5 Å². The normalized spacial score (nSPS) is 14.1. The van der Waals surface area contributed by atoms with Gasteiger partial charge >= 0.3 is 5.97 Å². The van der Waals surface area contributed by atoms with Gasteiger partial charge in [-0.05, 0) is 63.3 Å². The van der Waals surface area contributed by atoms with Gasteiger partial charge in [0.15, 0.2) is 6.10 Å². The largest absolute Gasteiger partial charge is 0.479 e. The van der Waals surface area contributed by atoms with Crippen LogP contribution in [0.2, 0.25) is 10.0 Å². The zero-order chi connectivity index (χ0) is 20.3. The maximum atomic E-state index is 12.7. The van der Waals surface area contributed by atoms with Gasteiger partial charge in [0.1, 0.15) is 10.8 Å². The fourth-order valence-electron chi connectivity index (χ4n) is 3.10. The third-order valence-electron chi connectivity index (χ3n) is 4.45. The van der Waals surface area contributed by atoms with Crippen molar-refractivity contribution in [3.8, 4) is 5.75 Å². The molecule has 1 unspecified atom stereocenters. The fraction of sp³-hybridized carbons (Fsp3) is 0.400. The minimum absolute atomic E-state index is 0.283. The number of carbonyl (C=O) groups excluding carboxylic acids is 2. The van der Waals surface area contributed by atoms with Crippen molar-refractivity contribution in [2.24, 2.45) is 0 Å². The van der Waals surface area contributed by atoms with Gasteiger partial charge in [0, 0.05) is 9.90 Å². The zero-order valence-corrected chi connectivity index (χ0v) is 18.0. The van der Waals surface area contributed by atoms with Crippen molar-refractivity contribution in [2.75, 3.05) is 11.9 Å². The summed E-state index contributed by atoms with van der Waals surface area (Å²) in [4.78, 5) is 26.3. The molecule has 5 nitrogen and oxygen atoms in total. The van der Waals surface area contributed by atoms with E-state index in [4.69, 9.17) is 32.7 Å². The first-order valence-electron chi connectivity index (χ1n) is 9.15. The number of amides is 1. The van der Waals surface area contributed by atoms with Crippen molar-refractivity contribution < 1.29 is 19.1 Å². The molecule has 0 saturated carbocycles. The Hall–Kier alpha value is -1.76. The molecule has 0 bridgehead atoms. The van der Waals surface area contributed by atoms with Crippen molar-refractivity contribution >= 4 is 51.4 Å². The lowest BCUT2D eigenvalue weighted by Gasteiger charge is -2.16. The summed E-state index contributed by atoms with van der Waals surface area (Å²) in [5.74, 6) is -0.397. The number of ether oxygens (including phenoxy) is 2. The molecule has 0 radical (unpaired) electrons. The van der Waals surface area contributed by atoms with E-state index in [1.54, 1.807) is 32.0 Å². The third-order valence-corrected chi connectivity index (χ3v) is 6.19. The van der Waals surface area contributed by atoms with Crippen LogP contribution in [-0.4, -0.2) is 24.6 Å². The Morgan fingerprint density at radius 2 is 2.00 bits per heavy atom. The number of halogens is 2. The van der Waals surface area contributed by atoms with E-state index in [1.807, 2.05) is 0 Å². The summed E-state index contributed by atoms with van der Waals surface area (Å²) in [6, 6.07) is 4.80. The zero-order valence-electron chi connectivity index (χ0n) is 15.6. The molecule has 150 valence electrons. The third kappa shape index (κ3) is 4.62. The van der Waals surface area contributed by atoms with E-state index in [1.165, 1.54) is 11.3 Å². The van der Waals surface area contributed by atoms with E-state index in [9.17, 15) is 9.59 Å². The number of anilines is 1. The summed E-state index contributed by atoms with van der Waals surface area (Å²) < 4.78 is 10.9. The fourth-order valence-corrected chi connectivity index (χ4v) is 4.83. The van der Waals surface area contributed by atoms with Crippen molar-refractivity contribution in [2.45, 2.75) is 45.6 Å². The van der Waals surface area contributed by atoms with Crippen LogP contribution in [0.25, 0.3) is 0 Å². The standard InChI is InChI=1S/C20H21Cl2NO4S/c1-3-26-20(25)17-13-6-4-5-7-16(13)28-19(17)23-18(24)11(2)27-15-9-8-12(21)10-14(15)22/h8-11H,3-7H2,1-2H3,(H,23,24). The molecule has 1 aromatic heterocycles. The Labute approximate surface area is 177 Å². The Morgan fingerprint density at radius 1 is 1.25 bits per heavy atom. The van der Waals surface area contributed by atoms with Crippen LogP contribution in [0.4, 0.5) is 5.00 Å². The Balaban J connectivity index is 1.79. The number of nitrogens with one attached hydrogen (secondary N) is 1. The van der Waals surface area contributed by atoms with Gasteiger partial charge in [-0.3, -0.25) is 4.79 Å². The molecule has 1 aliphatic carbocycles. The number of hydrogen-bond donors (Lipinski definition) is 1. The van der Waals surface area contributed by atoms with Crippen LogP contribution < -0.4 is 10.1 Å². The van der Waals surface area contributed by atoms with Gasteiger partial charge in [-0.2, -0.15) is 0 Å². The molecule has 1 amide bonds. The molecule has 0 aliphatic heterocycles. The lowest BCUT2D eigenvalue weighted by molar-refractivity contribution is -0.122. The predicted octanol–water partition coefficient (Wildman–Crippen LogP) is 5.52. The molecule has 28 heavy (non-hydrogen) atoms. The molecule has 1 atom stereocenters. The summed E-state index contributed by atoms with van der Waals surface area (Å²) >= 11 is 13.4. The molecular weight excluding hydrogens is 421 g/mol. The summed E-state index contributed by atoms with van der Waals surface area (Å²) in [7, 11) is 0. The topological polar surface area (TPSA) is 64.6 Å². The number of carbonyl (C=O) groups is 2. The Morgan fingerprint density at radius 3 is 2.71 bits per heavy atom. The molecule has 3 rings (SSSR count). The predicted molar refractivity (Wildman–Crippen MR) is 112 cm³/mol. The number of thiophene rings is 1. The van der Waals surface area contributed by atoms with Gasteiger partial charge in [0.05, 0.1) is 17.2 Å². The molecule has 1 heterocycles. The van der Waals surface area contributed by atoms with Crippen molar-refractivity contribution in [3.63, 3.8) is 0 Å². The van der Waals surface area contributed by atoms with E-state index in [0.29, 0.717) is 26.4 Å². The molecular formula is C20H21Cl2NO4S. The minimum Gasteiger partial charge on any atom is -0.479 e. The van der Waals surface area contributed by atoms with E-state index < -0.39 is 12.1 Å². The van der Waals surface area contributed by atoms with Gasteiger partial charge in [0.2, 0.25) is 0 Å². The highest BCUT2D eigenvalue weighted by atomic mass is 35.5. The van der Waals surface area contributed by atoms with Crippen LogP contribution in [0, 0.1) is 0 Å². The number of benzene rings is 1. The monoisotopic (exact) mass is 441 g/mol. The quantitative estimate of drug-likeness (QED) is 0.599. The molecule has 8 heteroatoms. The molecule has 2 aromatic rings. The highest BCUT2D eigenvalue weighted by Crippen LogP contribution is 2.39. The van der Waals surface area contributed by atoms with Crippen LogP contribution in [0.3, 0.4) is 0 Å². The van der Waals surface area contributed by atoms with Crippen LogP contribution in [0.1, 0.15) is 47.5 Å². The molecule has 0 spiro atoms.